The van der Waals surface area contributed by atoms with E-state index < -0.39 is 0 Å². The van der Waals surface area contributed by atoms with Crippen LogP contribution in [0.15, 0.2) is 10.7 Å². The van der Waals surface area contributed by atoms with Gasteiger partial charge in [0.25, 0.3) is 0 Å². The van der Waals surface area contributed by atoms with Crippen molar-refractivity contribution >= 4 is 15.9 Å². The van der Waals surface area contributed by atoms with Gasteiger partial charge in [-0.05, 0) is 35.7 Å². The molecule has 5 nitrogen and oxygen atoms in total. The van der Waals surface area contributed by atoms with Gasteiger partial charge in [-0.1, -0.05) is 6.92 Å². The number of aryl methyl sites for hydroxylation is 1. The Bertz CT molecular complexity index is 395. The van der Waals surface area contributed by atoms with Gasteiger partial charge in [0.15, 0.2) is 0 Å². The predicted molar refractivity (Wildman–Crippen MR) is 73.8 cm³/mol. The molecular formula is C12H21BrN4O. The van der Waals surface area contributed by atoms with Gasteiger partial charge in [-0.2, -0.15) is 5.10 Å². The molecule has 0 aliphatic carbocycles. The van der Waals surface area contributed by atoms with Crippen LogP contribution in [-0.4, -0.2) is 22.5 Å². The fourth-order valence-electron chi connectivity index (χ4n) is 2.81. The van der Waals surface area contributed by atoms with Gasteiger partial charge >= 0.3 is 0 Å². The van der Waals surface area contributed by atoms with Crippen LogP contribution in [0.1, 0.15) is 38.4 Å². The first kappa shape index (κ1) is 14.0. The van der Waals surface area contributed by atoms with E-state index in [-0.39, 0.29) is 12.1 Å². The first-order valence-electron chi connectivity index (χ1n) is 6.51. The molecule has 6 heteroatoms. The predicted octanol–water partition coefficient (Wildman–Crippen LogP) is 1.98. The third-order valence-corrected chi connectivity index (χ3v) is 4.31. The molecule has 0 bridgehead atoms. The van der Waals surface area contributed by atoms with E-state index in [1.54, 1.807) is 0 Å². The Hall–Kier alpha value is -0.430. The molecule has 0 saturated carbocycles. The van der Waals surface area contributed by atoms with Gasteiger partial charge in [0.05, 0.1) is 28.5 Å². The maximum absolute atomic E-state index is 5.79. The van der Waals surface area contributed by atoms with Crippen molar-refractivity contribution in [1.82, 2.24) is 15.2 Å². The van der Waals surface area contributed by atoms with Crippen LogP contribution in [0.25, 0.3) is 0 Å². The summed E-state index contributed by atoms with van der Waals surface area (Å²) in [6.07, 6.45) is 4.16. The van der Waals surface area contributed by atoms with Gasteiger partial charge < -0.3 is 4.74 Å². The molecule has 1 fully saturated rings. The van der Waals surface area contributed by atoms with Gasteiger partial charge in [0, 0.05) is 19.1 Å². The largest absolute Gasteiger partial charge is 0.378 e. The highest BCUT2D eigenvalue weighted by Crippen LogP contribution is 2.37. The SMILES string of the molecule is CCC1OCCC1C(NN)c1c(Br)cnn1CC. The number of ether oxygens (including phenoxy) is 1. The lowest BCUT2D eigenvalue weighted by atomic mass is 9.89. The van der Waals surface area contributed by atoms with E-state index in [1.165, 1.54) is 0 Å². The van der Waals surface area contributed by atoms with Gasteiger partial charge in [-0.15, -0.1) is 0 Å². The molecule has 102 valence electrons. The van der Waals surface area contributed by atoms with Gasteiger partial charge in [-0.3, -0.25) is 16.0 Å². The number of nitrogens with zero attached hydrogens (tertiary/aromatic N) is 2. The summed E-state index contributed by atoms with van der Waals surface area (Å²) in [5.41, 5.74) is 4.07. The van der Waals surface area contributed by atoms with E-state index in [9.17, 15) is 0 Å². The van der Waals surface area contributed by atoms with Crippen molar-refractivity contribution in [2.24, 2.45) is 11.8 Å². The smallest absolute Gasteiger partial charge is 0.0712 e. The molecule has 2 heterocycles. The van der Waals surface area contributed by atoms with Crippen molar-refractivity contribution in [1.29, 1.82) is 0 Å². The Morgan fingerprint density at radius 2 is 2.44 bits per heavy atom. The highest BCUT2D eigenvalue weighted by molar-refractivity contribution is 9.10. The molecule has 3 atom stereocenters. The van der Waals surface area contributed by atoms with Crippen LogP contribution in [0, 0.1) is 5.92 Å². The van der Waals surface area contributed by atoms with Gasteiger partial charge in [0.2, 0.25) is 0 Å². The summed E-state index contributed by atoms with van der Waals surface area (Å²) in [5.74, 6) is 6.19. The van der Waals surface area contributed by atoms with Crippen molar-refractivity contribution in [3.63, 3.8) is 0 Å². The van der Waals surface area contributed by atoms with Crippen LogP contribution in [0.2, 0.25) is 0 Å². The molecule has 3 N–H and O–H groups in total. The summed E-state index contributed by atoms with van der Waals surface area (Å²) < 4.78 is 8.76. The Morgan fingerprint density at radius 1 is 1.67 bits per heavy atom. The minimum atomic E-state index is 0.0780. The second kappa shape index (κ2) is 6.14. The Balaban J connectivity index is 2.29. The zero-order valence-corrected chi connectivity index (χ0v) is 12.5. The summed E-state index contributed by atoms with van der Waals surface area (Å²) >= 11 is 3.57. The Morgan fingerprint density at radius 3 is 3.06 bits per heavy atom. The molecule has 0 radical (unpaired) electrons. The molecule has 1 aliphatic rings. The normalized spacial score (nSPS) is 25.6. The van der Waals surface area contributed by atoms with Crippen molar-refractivity contribution in [2.75, 3.05) is 6.61 Å². The van der Waals surface area contributed by atoms with Crippen molar-refractivity contribution < 1.29 is 4.74 Å². The third-order valence-electron chi connectivity index (χ3n) is 3.70. The minimum absolute atomic E-state index is 0.0780. The van der Waals surface area contributed by atoms with E-state index in [0.29, 0.717) is 5.92 Å². The molecule has 2 rings (SSSR count). The van der Waals surface area contributed by atoms with Gasteiger partial charge in [-0.25, -0.2) is 0 Å². The fourth-order valence-corrected chi connectivity index (χ4v) is 3.35. The quantitative estimate of drug-likeness (QED) is 0.644. The fraction of sp³-hybridized carbons (Fsp3) is 0.750. The minimum Gasteiger partial charge on any atom is -0.378 e. The molecule has 0 amide bonds. The first-order chi connectivity index (χ1) is 8.72. The summed E-state index contributed by atoms with van der Waals surface area (Å²) in [4.78, 5) is 0. The van der Waals surface area contributed by atoms with Crippen molar-refractivity contribution in [2.45, 2.75) is 45.4 Å². The Labute approximate surface area is 116 Å². The van der Waals surface area contributed by atoms with E-state index in [0.717, 1.165) is 36.2 Å². The molecule has 0 aromatic carbocycles. The number of nitrogens with one attached hydrogen (secondary N) is 1. The average Bonchev–Trinajstić information content (AvgIpc) is 2.98. The number of halogens is 1. The molecule has 0 spiro atoms. The molecule has 18 heavy (non-hydrogen) atoms. The lowest BCUT2D eigenvalue weighted by Crippen LogP contribution is -2.38. The molecule has 1 aliphatic heterocycles. The van der Waals surface area contributed by atoms with Crippen molar-refractivity contribution in [3.8, 4) is 0 Å². The van der Waals surface area contributed by atoms with E-state index >= 15 is 0 Å². The summed E-state index contributed by atoms with van der Waals surface area (Å²) in [6.45, 7) is 5.89. The maximum Gasteiger partial charge on any atom is 0.0712 e. The van der Waals surface area contributed by atoms with Crippen LogP contribution in [0.3, 0.4) is 0 Å². The molecule has 3 unspecified atom stereocenters. The van der Waals surface area contributed by atoms with Crippen LogP contribution in [0.5, 0.6) is 0 Å². The van der Waals surface area contributed by atoms with Crippen molar-refractivity contribution in [3.05, 3.63) is 16.4 Å². The molecule has 1 saturated heterocycles. The second-order valence-corrected chi connectivity index (χ2v) is 5.46. The number of hydrogen-bond acceptors (Lipinski definition) is 4. The lowest BCUT2D eigenvalue weighted by molar-refractivity contribution is 0.0763. The van der Waals surface area contributed by atoms with Crippen LogP contribution >= 0.6 is 15.9 Å². The van der Waals surface area contributed by atoms with E-state index in [4.69, 9.17) is 10.6 Å². The summed E-state index contributed by atoms with van der Waals surface area (Å²) in [7, 11) is 0. The molecule has 1 aromatic heterocycles. The highest BCUT2D eigenvalue weighted by Gasteiger charge is 2.36. The van der Waals surface area contributed by atoms with Gasteiger partial charge in [0.1, 0.15) is 0 Å². The standard InChI is InChI=1S/C12H21BrN4O/c1-3-10-8(5-6-18-10)11(16-14)12-9(13)7-15-17(12)4-2/h7-8,10-11,16H,3-6,14H2,1-2H3. The number of aromatic nitrogens is 2. The zero-order chi connectivity index (χ0) is 13.1. The molecular weight excluding hydrogens is 296 g/mol. The maximum atomic E-state index is 5.79. The zero-order valence-electron chi connectivity index (χ0n) is 10.9. The van der Waals surface area contributed by atoms with Crippen LogP contribution in [0.4, 0.5) is 0 Å². The highest BCUT2D eigenvalue weighted by atomic mass is 79.9. The number of rotatable bonds is 5. The average molecular weight is 317 g/mol. The third kappa shape index (κ3) is 2.47. The summed E-state index contributed by atoms with van der Waals surface area (Å²) in [6, 6.07) is 0.0780. The monoisotopic (exact) mass is 316 g/mol. The summed E-state index contributed by atoms with van der Waals surface area (Å²) in [5, 5.41) is 4.36. The number of hydrogen-bond donors (Lipinski definition) is 2. The first-order valence-corrected chi connectivity index (χ1v) is 7.31. The van der Waals surface area contributed by atoms with E-state index in [2.05, 4.69) is 40.3 Å². The second-order valence-electron chi connectivity index (χ2n) is 4.61. The van der Waals surface area contributed by atoms with Crippen LogP contribution in [-0.2, 0) is 11.3 Å². The van der Waals surface area contributed by atoms with E-state index in [1.807, 2.05) is 10.9 Å². The number of nitrogens with two attached hydrogens (primary N) is 1. The lowest BCUT2D eigenvalue weighted by Gasteiger charge is -2.27. The Kier molecular flexibility index (Phi) is 4.77. The topological polar surface area (TPSA) is 65.1 Å². The molecule has 1 aromatic rings. The number of hydrazine groups is 1. The van der Waals surface area contributed by atoms with Crippen LogP contribution < -0.4 is 11.3 Å².